The van der Waals surface area contributed by atoms with E-state index >= 15 is 0 Å². The minimum Gasteiger partial charge on any atom is -0.445 e. The predicted octanol–water partition coefficient (Wildman–Crippen LogP) is 2.07. The normalized spacial score (nSPS) is 11.0. The van der Waals surface area contributed by atoms with Crippen LogP contribution in [0.5, 0.6) is 0 Å². The maximum Gasteiger partial charge on any atom is 0.407 e. The summed E-state index contributed by atoms with van der Waals surface area (Å²) in [5.74, 6) is 0. The Morgan fingerprint density at radius 1 is 1.35 bits per heavy atom. The highest BCUT2D eigenvalue weighted by molar-refractivity contribution is 5.67. The second-order valence-corrected chi connectivity index (χ2v) is 4.55. The van der Waals surface area contributed by atoms with Gasteiger partial charge in [0.1, 0.15) is 6.61 Å². The summed E-state index contributed by atoms with van der Waals surface area (Å²) in [5, 5.41) is 12.0. The van der Waals surface area contributed by atoms with Crippen LogP contribution in [0.25, 0.3) is 0 Å². The highest BCUT2D eigenvalue weighted by atomic mass is 16.5. The molecule has 1 aromatic rings. The third-order valence-electron chi connectivity index (χ3n) is 2.22. The van der Waals surface area contributed by atoms with Crippen LogP contribution in [0.4, 0.5) is 4.79 Å². The number of amides is 1. The van der Waals surface area contributed by atoms with Gasteiger partial charge in [-0.05, 0) is 25.8 Å². The molecule has 4 nitrogen and oxygen atoms in total. The van der Waals surface area contributed by atoms with E-state index in [0.29, 0.717) is 13.0 Å². The summed E-state index contributed by atoms with van der Waals surface area (Å²) in [4.78, 5) is 11.3. The number of carbonyl (C=O) groups is 1. The maximum absolute atomic E-state index is 11.3. The van der Waals surface area contributed by atoms with Crippen molar-refractivity contribution >= 4 is 6.09 Å². The van der Waals surface area contributed by atoms with Gasteiger partial charge in [-0.3, -0.25) is 0 Å². The fourth-order valence-electron chi connectivity index (χ4n) is 1.24. The van der Waals surface area contributed by atoms with Crippen LogP contribution in [0.15, 0.2) is 30.3 Å². The van der Waals surface area contributed by atoms with Crippen molar-refractivity contribution < 1.29 is 14.6 Å². The van der Waals surface area contributed by atoms with Crippen molar-refractivity contribution in [3.8, 4) is 0 Å². The number of rotatable bonds is 5. The lowest BCUT2D eigenvalue weighted by Crippen LogP contribution is -2.31. The first-order chi connectivity index (χ1) is 7.97. The number of carbonyl (C=O) groups excluding carboxylic acids is 1. The molecule has 1 amide bonds. The summed E-state index contributed by atoms with van der Waals surface area (Å²) < 4.78 is 5.01. The summed E-state index contributed by atoms with van der Waals surface area (Å²) in [6.07, 6.45) is 0.0334. The Morgan fingerprint density at radius 3 is 2.59 bits per heavy atom. The van der Waals surface area contributed by atoms with E-state index in [1.165, 1.54) is 0 Å². The van der Waals surface area contributed by atoms with Crippen LogP contribution in [-0.2, 0) is 11.3 Å². The molecule has 0 spiro atoms. The van der Waals surface area contributed by atoms with E-state index < -0.39 is 11.7 Å². The van der Waals surface area contributed by atoms with Gasteiger partial charge >= 0.3 is 6.09 Å². The molecule has 0 aliphatic heterocycles. The number of benzene rings is 1. The van der Waals surface area contributed by atoms with E-state index in [0.717, 1.165) is 5.56 Å². The smallest absolute Gasteiger partial charge is 0.407 e. The molecular formula is C13H19NO3. The van der Waals surface area contributed by atoms with Gasteiger partial charge in [0.15, 0.2) is 0 Å². The first-order valence-electron chi connectivity index (χ1n) is 5.64. The third-order valence-corrected chi connectivity index (χ3v) is 2.22. The zero-order chi connectivity index (χ0) is 12.7. The lowest BCUT2D eigenvalue weighted by molar-refractivity contribution is 0.0700. The fraction of sp³-hybridized carbons (Fsp3) is 0.462. The van der Waals surface area contributed by atoms with Crippen LogP contribution in [-0.4, -0.2) is 23.3 Å². The molecule has 0 aliphatic rings. The molecule has 1 rings (SSSR count). The van der Waals surface area contributed by atoms with E-state index in [9.17, 15) is 9.90 Å². The summed E-state index contributed by atoms with van der Waals surface area (Å²) in [7, 11) is 0. The van der Waals surface area contributed by atoms with Crippen LogP contribution >= 0.6 is 0 Å². The van der Waals surface area contributed by atoms with Gasteiger partial charge in [0, 0.05) is 6.54 Å². The number of hydrogen-bond acceptors (Lipinski definition) is 3. The van der Waals surface area contributed by atoms with Gasteiger partial charge in [-0.25, -0.2) is 4.79 Å². The van der Waals surface area contributed by atoms with E-state index in [-0.39, 0.29) is 6.61 Å². The molecule has 0 heterocycles. The quantitative estimate of drug-likeness (QED) is 0.824. The molecule has 0 atom stereocenters. The van der Waals surface area contributed by atoms with Crippen LogP contribution in [0.2, 0.25) is 0 Å². The molecular weight excluding hydrogens is 218 g/mol. The fourth-order valence-corrected chi connectivity index (χ4v) is 1.24. The number of hydrogen-bond donors (Lipinski definition) is 2. The van der Waals surface area contributed by atoms with Crippen molar-refractivity contribution in [3.05, 3.63) is 35.9 Å². The highest BCUT2D eigenvalue weighted by Crippen LogP contribution is 2.05. The molecule has 17 heavy (non-hydrogen) atoms. The lowest BCUT2D eigenvalue weighted by atomic mass is 10.1. The first-order valence-corrected chi connectivity index (χ1v) is 5.64. The average molecular weight is 237 g/mol. The van der Waals surface area contributed by atoms with Crippen LogP contribution in [0, 0.1) is 0 Å². The Bertz CT molecular complexity index is 343. The second-order valence-electron chi connectivity index (χ2n) is 4.55. The van der Waals surface area contributed by atoms with Crippen molar-refractivity contribution in [2.45, 2.75) is 32.5 Å². The topological polar surface area (TPSA) is 58.6 Å². The zero-order valence-electron chi connectivity index (χ0n) is 10.3. The number of nitrogens with one attached hydrogen (secondary N) is 1. The van der Waals surface area contributed by atoms with Crippen molar-refractivity contribution in [1.82, 2.24) is 5.32 Å². The molecule has 0 saturated carbocycles. The van der Waals surface area contributed by atoms with E-state index in [1.54, 1.807) is 13.8 Å². The Balaban J connectivity index is 2.18. The molecule has 0 unspecified atom stereocenters. The summed E-state index contributed by atoms with van der Waals surface area (Å²) in [6, 6.07) is 9.48. The lowest BCUT2D eigenvalue weighted by Gasteiger charge is -2.16. The first kappa shape index (κ1) is 13.5. The average Bonchev–Trinajstić information content (AvgIpc) is 2.26. The molecule has 0 fully saturated rings. The van der Waals surface area contributed by atoms with Crippen molar-refractivity contribution in [1.29, 1.82) is 0 Å². The Morgan fingerprint density at radius 2 is 2.00 bits per heavy atom. The van der Waals surface area contributed by atoms with Gasteiger partial charge in [0.2, 0.25) is 0 Å². The highest BCUT2D eigenvalue weighted by Gasteiger charge is 2.12. The standard InChI is InChI=1S/C13H19NO3/c1-13(2,16)8-9-14-12(15)17-10-11-6-4-3-5-7-11/h3-7,16H,8-10H2,1-2H3,(H,14,15). The predicted molar refractivity (Wildman–Crippen MR) is 65.5 cm³/mol. The molecule has 0 saturated heterocycles. The van der Waals surface area contributed by atoms with Crippen LogP contribution in [0.3, 0.4) is 0 Å². The van der Waals surface area contributed by atoms with E-state index in [1.807, 2.05) is 30.3 Å². The SMILES string of the molecule is CC(C)(O)CCNC(=O)OCc1ccccc1. The Kier molecular flexibility index (Phi) is 4.97. The zero-order valence-corrected chi connectivity index (χ0v) is 10.3. The monoisotopic (exact) mass is 237 g/mol. The van der Waals surface area contributed by atoms with Gasteiger partial charge < -0.3 is 15.2 Å². The summed E-state index contributed by atoms with van der Waals surface area (Å²) in [6.45, 7) is 4.06. The minimum absolute atomic E-state index is 0.259. The molecule has 0 aliphatic carbocycles. The van der Waals surface area contributed by atoms with Crippen molar-refractivity contribution in [2.75, 3.05) is 6.54 Å². The minimum atomic E-state index is -0.771. The van der Waals surface area contributed by atoms with Gasteiger partial charge in [-0.1, -0.05) is 30.3 Å². The number of aliphatic hydroxyl groups is 1. The van der Waals surface area contributed by atoms with Crippen molar-refractivity contribution in [2.24, 2.45) is 0 Å². The largest absolute Gasteiger partial charge is 0.445 e. The van der Waals surface area contributed by atoms with Gasteiger partial charge in [0.05, 0.1) is 5.60 Å². The molecule has 1 aromatic carbocycles. The van der Waals surface area contributed by atoms with Gasteiger partial charge in [-0.2, -0.15) is 0 Å². The Labute approximate surface area is 102 Å². The molecule has 0 aromatic heterocycles. The molecule has 4 heteroatoms. The third kappa shape index (κ3) is 6.58. The van der Waals surface area contributed by atoms with E-state index in [4.69, 9.17) is 4.74 Å². The van der Waals surface area contributed by atoms with Gasteiger partial charge in [0.25, 0.3) is 0 Å². The van der Waals surface area contributed by atoms with Crippen LogP contribution in [0.1, 0.15) is 25.8 Å². The Hall–Kier alpha value is -1.55. The summed E-state index contributed by atoms with van der Waals surface area (Å²) >= 11 is 0. The van der Waals surface area contributed by atoms with Gasteiger partial charge in [-0.15, -0.1) is 0 Å². The van der Waals surface area contributed by atoms with Crippen LogP contribution < -0.4 is 5.32 Å². The summed E-state index contributed by atoms with van der Waals surface area (Å²) in [5.41, 5.74) is 0.178. The maximum atomic E-state index is 11.3. The molecule has 0 bridgehead atoms. The number of ether oxygens (including phenoxy) is 1. The molecule has 94 valence electrons. The van der Waals surface area contributed by atoms with Crippen molar-refractivity contribution in [3.63, 3.8) is 0 Å². The number of alkyl carbamates (subject to hydrolysis) is 1. The molecule has 2 N–H and O–H groups in total. The van der Waals surface area contributed by atoms with E-state index in [2.05, 4.69) is 5.32 Å². The second kappa shape index (κ2) is 6.25. The molecule has 0 radical (unpaired) electrons.